The Morgan fingerprint density at radius 2 is 1.93 bits per heavy atom. The molecule has 2 N–H and O–H groups in total. The molecule has 0 radical (unpaired) electrons. The lowest BCUT2D eigenvalue weighted by Crippen LogP contribution is -2.22. The van der Waals surface area contributed by atoms with Gasteiger partial charge in [-0.25, -0.2) is 4.68 Å². The molecule has 4 aromatic rings. The van der Waals surface area contributed by atoms with Gasteiger partial charge in [-0.2, -0.15) is 10.4 Å². The molecule has 0 amide bonds. The highest BCUT2D eigenvalue weighted by molar-refractivity contribution is 5.84. The van der Waals surface area contributed by atoms with Crippen molar-refractivity contribution in [3.05, 3.63) is 95.3 Å². The number of allylic oxidation sites excluding steroid dienone is 1. The quantitative estimate of drug-likeness (QED) is 0.570. The second kappa shape index (κ2) is 6.50. The van der Waals surface area contributed by atoms with E-state index in [0.29, 0.717) is 11.5 Å². The average Bonchev–Trinajstić information content (AvgIpc) is 3.08. The lowest BCUT2D eigenvalue weighted by molar-refractivity contribution is 0.367. The fourth-order valence-corrected chi connectivity index (χ4v) is 3.88. The zero-order valence-corrected chi connectivity index (χ0v) is 15.7. The van der Waals surface area contributed by atoms with Crippen molar-refractivity contribution in [2.45, 2.75) is 12.8 Å². The van der Waals surface area contributed by atoms with Gasteiger partial charge >= 0.3 is 0 Å². The number of ether oxygens (including phenoxy) is 1. The molecule has 29 heavy (non-hydrogen) atoms. The van der Waals surface area contributed by atoms with Crippen LogP contribution in [0, 0.1) is 18.3 Å². The number of hydrogen-bond acceptors (Lipinski definition) is 5. The van der Waals surface area contributed by atoms with Gasteiger partial charge in [0.05, 0.1) is 22.9 Å². The normalized spacial score (nSPS) is 15.7. The summed E-state index contributed by atoms with van der Waals surface area (Å²) in [5.74, 6) is 0.255. The summed E-state index contributed by atoms with van der Waals surface area (Å²) in [6, 6.07) is 20.2. The van der Waals surface area contributed by atoms with Crippen molar-refractivity contribution in [3.8, 4) is 17.6 Å². The number of hydrogen-bond donors (Lipinski definition) is 1. The molecule has 0 saturated carbocycles. The summed E-state index contributed by atoms with van der Waals surface area (Å²) in [5, 5.41) is 16.7. The summed E-state index contributed by atoms with van der Waals surface area (Å²) >= 11 is 0. The summed E-state index contributed by atoms with van der Waals surface area (Å²) in [6.45, 7) is 1.92. The molecule has 5 rings (SSSR count). The molecule has 2 aromatic heterocycles. The van der Waals surface area contributed by atoms with Gasteiger partial charge in [0.1, 0.15) is 11.6 Å². The van der Waals surface area contributed by atoms with Gasteiger partial charge in [-0.1, -0.05) is 36.4 Å². The van der Waals surface area contributed by atoms with E-state index in [-0.39, 0.29) is 11.8 Å². The molecule has 0 saturated heterocycles. The number of pyridine rings is 1. The molecule has 1 aliphatic rings. The van der Waals surface area contributed by atoms with Crippen molar-refractivity contribution >= 4 is 10.8 Å². The number of nitriles is 1. The van der Waals surface area contributed by atoms with E-state index in [2.05, 4.69) is 35.3 Å². The maximum Gasteiger partial charge on any atom is 0.229 e. The largest absolute Gasteiger partial charge is 0.422 e. The van der Waals surface area contributed by atoms with E-state index < -0.39 is 0 Å². The SMILES string of the molecule is Cc1nn(-c2ccc3ccccc3c2)c2c1[C@H](c1cccnc1)C(C#N)=C(N)O2. The van der Waals surface area contributed by atoms with Crippen molar-refractivity contribution < 1.29 is 4.74 Å². The van der Waals surface area contributed by atoms with Gasteiger partial charge in [0.15, 0.2) is 0 Å². The Morgan fingerprint density at radius 3 is 2.69 bits per heavy atom. The summed E-state index contributed by atoms with van der Waals surface area (Å²) in [6.07, 6.45) is 3.45. The van der Waals surface area contributed by atoms with Crippen LogP contribution in [0.4, 0.5) is 0 Å². The van der Waals surface area contributed by atoms with E-state index in [9.17, 15) is 5.26 Å². The van der Waals surface area contributed by atoms with E-state index in [1.54, 1.807) is 17.1 Å². The lowest BCUT2D eigenvalue weighted by atomic mass is 9.85. The molecule has 1 atom stereocenters. The molecule has 6 nitrogen and oxygen atoms in total. The van der Waals surface area contributed by atoms with Crippen molar-refractivity contribution in [2.24, 2.45) is 5.73 Å². The fraction of sp³-hybridized carbons (Fsp3) is 0.0870. The molecule has 0 fully saturated rings. The minimum absolute atomic E-state index is 0.0933. The lowest BCUT2D eigenvalue weighted by Gasteiger charge is -2.24. The van der Waals surface area contributed by atoms with Crippen molar-refractivity contribution in [3.63, 3.8) is 0 Å². The fourth-order valence-electron chi connectivity index (χ4n) is 3.88. The van der Waals surface area contributed by atoms with Gasteiger partial charge in [-0.15, -0.1) is 0 Å². The van der Waals surface area contributed by atoms with Crippen LogP contribution in [-0.2, 0) is 0 Å². The molecular weight excluding hydrogens is 362 g/mol. The highest BCUT2D eigenvalue weighted by Crippen LogP contribution is 2.44. The number of benzene rings is 2. The molecule has 1 aliphatic heterocycles. The van der Waals surface area contributed by atoms with Crippen LogP contribution < -0.4 is 10.5 Å². The third-order valence-electron chi connectivity index (χ3n) is 5.23. The van der Waals surface area contributed by atoms with Crippen LogP contribution in [0.3, 0.4) is 0 Å². The first-order valence-electron chi connectivity index (χ1n) is 9.23. The summed E-state index contributed by atoms with van der Waals surface area (Å²) in [4.78, 5) is 4.21. The molecule has 3 heterocycles. The minimum Gasteiger partial charge on any atom is -0.422 e. The van der Waals surface area contributed by atoms with Crippen LogP contribution in [0.2, 0.25) is 0 Å². The highest BCUT2D eigenvalue weighted by Gasteiger charge is 2.36. The number of aromatic nitrogens is 3. The standard InChI is InChI=1S/C23H17N5O/c1-14-20-21(17-7-4-10-26-13-17)19(12-24)22(25)29-23(20)28(27-14)18-9-8-15-5-2-3-6-16(15)11-18/h2-11,13,21H,25H2,1H3/t21-/m1/s1. The van der Waals surface area contributed by atoms with E-state index in [4.69, 9.17) is 15.6 Å². The maximum absolute atomic E-state index is 9.74. The monoisotopic (exact) mass is 379 g/mol. The van der Waals surface area contributed by atoms with Crippen LogP contribution in [0.5, 0.6) is 5.88 Å². The molecule has 6 heteroatoms. The van der Waals surface area contributed by atoms with E-state index >= 15 is 0 Å². The van der Waals surface area contributed by atoms with Gasteiger partial charge < -0.3 is 10.5 Å². The number of nitrogens with zero attached hydrogens (tertiary/aromatic N) is 4. The van der Waals surface area contributed by atoms with Gasteiger partial charge in [0, 0.05) is 12.4 Å². The third-order valence-corrected chi connectivity index (χ3v) is 5.23. The maximum atomic E-state index is 9.74. The van der Waals surface area contributed by atoms with Gasteiger partial charge in [-0.05, 0) is 41.5 Å². The second-order valence-electron chi connectivity index (χ2n) is 6.96. The number of aryl methyl sites for hydroxylation is 1. The predicted octanol–water partition coefficient (Wildman–Crippen LogP) is 3.95. The molecule has 0 aliphatic carbocycles. The third kappa shape index (κ3) is 2.64. The number of nitrogens with two attached hydrogens (primary N) is 1. The van der Waals surface area contributed by atoms with E-state index in [1.165, 1.54) is 0 Å². The van der Waals surface area contributed by atoms with Gasteiger partial charge in [0.25, 0.3) is 0 Å². The Kier molecular flexibility index (Phi) is 3.81. The smallest absolute Gasteiger partial charge is 0.229 e. The summed E-state index contributed by atoms with van der Waals surface area (Å²) in [7, 11) is 0. The van der Waals surface area contributed by atoms with Crippen LogP contribution in [0.1, 0.15) is 22.7 Å². The molecule has 0 bridgehead atoms. The van der Waals surface area contributed by atoms with Crippen LogP contribution in [0.25, 0.3) is 16.5 Å². The second-order valence-corrected chi connectivity index (χ2v) is 6.96. The molecule has 0 spiro atoms. The first-order chi connectivity index (χ1) is 14.2. The topological polar surface area (TPSA) is 89.8 Å². The summed E-state index contributed by atoms with van der Waals surface area (Å²) < 4.78 is 7.67. The Labute approximate surface area is 167 Å². The predicted molar refractivity (Wildman–Crippen MR) is 109 cm³/mol. The van der Waals surface area contributed by atoms with Gasteiger partial charge in [-0.3, -0.25) is 4.98 Å². The average molecular weight is 379 g/mol. The Bertz CT molecular complexity index is 1310. The highest BCUT2D eigenvalue weighted by atomic mass is 16.5. The zero-order valence-electron chi connectivity index (χ0n) is 15.7. The number of fused-ring (bicyclic) bond motifs is 2. The Balaban J connectivity index is 1.73. The minimum atomic E-state index is -0.369. The first-order valence-corrected chi connectivity index (χ1v) is 9.23. The zero-order chi connectivity index (χ0) is 20.0. The van der Waals surface area contributed by atoms with Crippen LogP contribution in [0.15, 0.2) is 78.4 Å². The first kappa shape index (κ1) is 17.0. The summed E-state index contributed by atoms with van der Waals surface area (Å²) in [5.41, 5.74) is 9.87. The van der Waals surface area contributed by atoms with Crippen molar-refractivity contribution in [1.29, 1.82) is 5.26 Å². The molecule has 2 aromatic carbocycles. The van der Waals surface area contributed by atoms with Gasteiger partial charge in [0.2, 0.25) is 11.8 Å². The van der Waals surface area contributed by atoms with Crippen LogP contribution in [-0.4, -0.2) is 14.8 Å². The Morgan fingerprint density at radius 1 is 1.10 bits per heavy atom. The van der Waals surface area contributed by atoms with Crippen LogP contribution >= 0.6 is 0 Å². The van der Waals surface area contributed by atoms with Crippen molar-refractivity contribution in [2.75, 3.05) is 0 Å². The van der Waals surface area contributed by atoms with E-state index in [1.807, 2.05) is 37.3 Å². The molecule has 0 unspecified atom stereocenters. The Hall–Kier alpha value is -4.11. The van der Waals surface area contributed by atoms with Crippen molar-refractivity contribution in [1.82, 2.24) is 14.8 Å². The van der Waals surface area contributed by atoms with E-state index in [0.717, 1.165) is 33.3 Å². The molecular formula is C23H17N5O. The number of rotatable bonds is 2. The molecule has 140 valence electrons.